The van der Waals surface area contributed by atoms with E-state index in [1.54, 1.807) is 0 Å². The molecular weight excluding hydrogens is 312 g/mol. The van der Waals surface area contributed by atoms with Crippen molar-refractivity contribution in [3.63, 3.8) is 0 Å². The molecule has 17 heavy (non-hydrogen) atoms. The normalized spacial score (nSPS) is 10.3. The molecule has 0 aliphatic carbocycles. The first-order valence-corrected chi connectivity index (χ1v) is 5.64. The highest BCUT2D eigenvalue weighted by molar-refractivity contribution is 9.10. The molecule has 1 heterocycles. The lowest BCUT2D eigenvalue weighted by Gasteiger charge is -2.08. The van der Waals surface area contributed by atoms with Crippen molar-refractivity contribution in [3.8, 4) is 11.6 Å². The third-order valence-electron chi connectivity index (χ3n) is 1.83. The third kappa shape index (κ3) is 2.83. The van der Waals surface area contributed by atoms with E-state index in [1.807, 2.05) is 0 Å². The summed E-state index contributed by atoms with van der Waals surface area (Å²) < 4.78 is 19.0. The number of nitrogens with zero attached hydrogens (tertiary/aromatic N) is 2. The molecule has 88 valence electrons. The molecule has 0 aliphatic heterocycles. The Bertz CT molecular complexity index is 518. The van der Waals surface area contributed by atoms with Gasteiger partial charge in [-0.15, -0.1) is 0 Å². The Morgan fingerprint density at radius 3 is 2.94 bits per heavy atom. The van der Waals surface area contributed by atoms with Crippen LogP contribution in [0.5, 0.6) is 11.6 Å². The zero-order valence-corrected chi connectivity index (χ0v) is 10.7. The van der Waals surface area contributed by atoms with Crippen molar-refractivity contribution in [1.29, 1.82) is 0 Å². The Morgan fingerprint density at radius 1 is 1.41 bits per heavy atom. The van der Waals surface area contributed by atoms with Gasteiger partial charge in [-0.3, -0.25) is 0 Å². The minimum absolute atomic E-state index is 0.0249. The average molecular weight is 319 g/mol. The molecule has 0 saturated carbocycles. The van der Waals surface area contributed by atoms with Crippen molar-refractivity contribution >= 4 is 33.5 Å². The number of halogens is 3. The second-order valence-corrected chi connectivity index (χ2v) is 4.32. The molecule has 0 radical (unpaired) electrons. The van der Waals surface area contributed by atoms with Gasteiger partial charge in [-0.05, 0) is 28.1 Å². The van der Waals surface area contributed by atoms with Gasteiger partial charge in [0.25, 0.3) is 0 Å². The van der Waals surface area contributed by atoms with Crippen LogP contribution in [0.2, 0.25) is 5.02 Å². The van der Waals surface area contributed by atoms with E-state index in [0.717, 1.165) is 0 Å². The van der Waals surface area contributed by atoms with E-state index in [0.29, 0.717) is 4.47 Å². The molecule has 0 unspecified atom stereocenters. The zero-order valence-electron chi connectivity index (χ0n) is 8.32. The predicted octanol–water partition coefficient (Wildman–Crippen LogP) is 3.41. The summed E-state index contributed by atoms with van der Waals surface area (Å²) >= 11 is 9.05. The van der Waals surface area contributed by atoms with E-state index in [9.17, 15) is 4.39 Å². The van der Waals surface area contributed by atoms with Crippen LogP contribution in [-0.2, 0) is 0 Å². The summed E-state index contributed by atoms with van der Waals surface area (Å²) in [5, 5.41) is 0.190. The second-order valence-electron chi connectivity index (χ2n) is 3.06. The third-order valence-corrected chi connectivity index (χ3v) is 2.74. The second kappa shape index (κ2) is 4.85. The first-order chi connectivity index (χ1) is 8.06. The summed E-state index contributed by atoms with van der Waals surface area (Å²) in [5.41, 5.74) is 5.40. The molecule has 2 N–H and O–H groups in total. The highest BCUT2D eigenvalue weighted by Gasteiger charge is 2.10. The largest absolute Gasteiger partial charge is 0.436 e. The van der Waals surface area contributed by atoms with Crippen LogP contribution < -0.4 is 10.5 Å². The fourth-order valence-corrected chi connectivity index (χ4v) is 1.55. The monoisotopic (exact) mass is 317 g/mol. The standard InChI is InChI=1S/C10H6BrClFN3O/c11-6-2-1-5(13)3-8(6)17-9-7(12)4-15-10(14)16-9/h1-4H,(H2,14,15,16). The van der Waals surface area contributed by atoms with Crippen molar-refractivity contribution in [3.05, 3.63) is 39.7 Å². The van der Waals surface area contributed by atoms with Crippen molar-refractivity contribution in [2.24, 2.45) is 0 Å². The van der Waals surface area contributed by atoms with Crippen LogP contribution in [0.4, 0.5) is 10.3 Å². The molecule has 1 aromatic carbocycles. The van der Waals surface area contributed by atoms with E-state index in [1.165, 1.54) is 24.4 Å². The number of rotatable bonds is 2. The van der Waals surface area contributed by atoms with Gasteiger partial charge in [0.2, 0.25) is 11.8 Å². The van der Waals surface area contributed by atoms with Crippen LogP contribution in [0.25, 0.3) is 0 Å². The minimum Gasteiger partial charge on any atom is -0.436 e. The van der Waals surface area contributed by atoms with Gasteiger partial charge in [0.15, 0.2) is 0 Å². The number of aromatic nitrogens is 2. The summed E-state index contributed by atoms with van der Waals surface area (Å²) in [4.78, 5) is 7.50. The van der Waals surface area contributed by atoms with Gasteiger partial charge in [0.05, 0.1) is 10.7 Å². The SMILES string of the molecule is Nc1ncc(Cl)c(Oc2cc(F)ccc2Br)n1. The molecule has 2 rings (SSSR count). The number of anilines is 1. The smallest absolute Gasteiger partial charge is 0.243 e. The Labute approximate surface area is 110 Å². The van der Waals surface area contributed by atoms with Gasteiger partial charge in [-0.1, -0.05) is 11.6 Å². The molecule has 0 atom stereocenters. The quantitative estimate of drug-likeness (QED) is 0.922. The average Bonchev–Trinajstić information content (AvgIpc) is 2.28. The van der Waals surface area contributed by atoms with E-state index < -0.39 is 5.82 Å². The lowest BCUT2D eigenvalue weighted by atomic mass is 10.3. The molecule has 0 fully saturated rings. The van der Waals surface area contributed by atoms with E-state index >= 15 is 0 Å². The molecule has 0 aliphatic rings. The van der Waals surface area contributed by atoms with E-state index in [-0.39, 0.29) is 22.6 Å². The molecule has 0 amide bonds. The summed E-state index contributed by atoms with van der Waals surface area (Å²) in [5.74, 6) is -0.0752. The molecule has 4 nitrogen and oxygen atoms in total. The van der Waals surface area contributed by atoms with E-state index in [4.69, 9.17) is 22.1 Å². The van der Waals surface area contributed by atoms with Gasteiger partial charge in [0, 0.05) is 6.07 Å². The molecule has 1 aromatic heterocycles. The maximum absolute atomic E-state index is 13.0. The minimum atomic E-state index is -0.429. The Morgan fingerprint density at radius 2 is 2.18 bits per heavy atom. The zero-order chi connectivity index (χ0) is 12.4. The first-order valence-electron chi connectivity index (χ1n) is 4.47. The molecule has 2 aromatic rings. The van der Waals surface area contributed by atoms with Gasteiger partial charge >= 0.3 is 0 Å². The van der Waals surface area contributed by atoms with Crippen LogP contribution in [0.1, 0.15) is 0 Å². The van der Waals surface area contributed by atoms with Gasteiger partial charge in [-0.25, -0.2) is 9.37 Å². The highest BCUT2D eigenvalue weighted by atomic mass is 79.9. The number of hydrogen-bond acceptors (Lipinski definition) is 4. The maximum Gasteiger partial charge on any atom is 0.243 e. The lowest BCUT2D eigenvalue weighted by Crippen LogP contribution is -1.97. The van der Waals surface area contributed by atoms with Crippen LogP contribution >= 0.6 is 27.5 Å². The maximum atomic E-state index is 13.0. The molecule has 0 bridgehead atoms. The number of benzene rings is 1. The van der Waals surface area contributed by atoms with Crippen molar-refractivity contribution in [1.82, 2.24) is 9.97 Å². The number of ether oxygens (including phenoxy) is 1. The molecular formula is C10H6BrClFN3O. The summed E-state index contributed by atoms with van der Waals surface area (Å²) in [6.45, 7) is 0. The number of nitrogens with two attached hydrogens (primary N) is 1. The van der Waals surface area contributed by atoms with Crippen LogP contribution in [0, 0.1) is 5.82 Å². The van der Waals surface area contributed by atoms with Crippen LogP contribution in [0.3, 0.4) is 0 Å². The van der Waals surface area contributed by atoms with Gasteiger partial charge in [0.1, 0.15) is 16.6 Å². The van der Waals surface area contributed by atoms with E-state index in [2.05, 4.69) is 25.9 Å². The Hall–Kier alpha value is -1.40. The van der Waals surface area contributed by atoms with Crippen molar-refractivity contribution < 1.29 is 9.13 Å². The first kappa shape index (κ1) is 12.1. The number of nitrogen functional groups attached to an aromatic ring is 1. The molecule has 0 saturated heterocycles. The fraction of sp³-hybridized carbons (Fsp3) is 0. The van der Waals surface area contributed by atoms with Crippen molar-refractivity contribution in [2.75, 3.05) is 5.73 Å². The summed E-state index contributed by atoms with van der Waals surface area (Å²) in [6, 6.07) is 4.02. The Balaban J connectivity index is 2.37. The van der Waals surface area contributed by atoms with Crippen LogP contribution in [0.15, 0.2) is 28.9 Å². The van der Waals surface area contributed by atoms with Gasteiger partial charge < -0.3 is 10.5 Å². The summed E-state index contributed by atoms with van der Waals surface area (Å²) in [7, 11) is 0. The molecule has 0 spiro atoms. The highest BCUT2D eigenvalue weighted by Crippen LogP contribution is 2.32. The van der Waals surface area contributed by atoms with Gasteiger partial charge in [-0.2, -0.15) is 4.98 Å². The summed E-state index contributed by atoms with van der Waals surface area (Å²) in [6.07, 6.45) is 1.31. The number of hydrogen-bond donors (Lipinski definition) is 1. The van der Waals surface area contributed by atoms with Crippen LogP contribution in [-0.4, -0.2) is 9.97 Å². The topological polar surface area (TPSA) is 61.0 Å². The molecule has 7 heteroatoms. The fourth-order valence-electron chi connectivity index (χ4n) is 1.10. The van der Waals surface area contributed by atoms with Crippen molar-refractivity contribution in [2.45, 2.75) is 0 Å². The predicted molar refractivity (Wildman–Crippen MR) is 65.6 cm³/mol. The lowest BCUT2D eigenvalue weighted by molar-refractivity contribution is 0.455. The Kier molecular flexibility index (Phi) is 3.44.